The molecule has 1 aliphatic heterocycles. The molecule has 0 spiro atoms. The number of alkyl halides is 2. The number of aliphatic imine (C=N–C) groups is 1. The Morgan fingerprint density at radius 1 is 1.22 bits per heavy atom. The highest BCUT2D eigenvalue weighted by Gasteiger charge is 2.24. The molecule has 27 heavy (non-hydrogen) atoms. The van der Waals surface area contributed by atoms with E-state index in [2.05, 4.69) is 9.73 Å². The third-order valence-corrected chi connectivity index (χ3v) is 4.85. The average molecular weight is 388 g/mol. The van der Waals surface area contributed by atoms with Crippen molar-refractivity contribution in [2.45, 2.75) is 13.5 Å². The van der Waals surface area contributed by atoms with Crippen LogP contribution in [0.15, 0.2) is 59.6 Å². The Labute approximate surface area is 160 Å². The number of aryl methyl sites for hydroxylation is 1. The number of thioether (sulfide) groups is 1. The number of nitrogens with zero attached hydrogens (tertiary/aromatic N) is 2. The van der Waals surface area contributed by atoms with Crippen molar-refractivity contribution < 1.29 is 18.3 Å². The Kier molecular flexibility index (Phi) is 6.24. The van der Waals surface area contributed by atoms with Gasteiger partial charge in [0, 0.05) is 18.4 Å². The van der Waals surface area contributed by atoms with E-state index in [0.717, 1.165) is 17.0 Å². The van der Waals surface area contributed by atoms with E-state index in [1.807, 2.05) is 31.2 Å². The van der Waals surface area contributed by atoms with Crippen LogP contribution in [0.5, 0.6) is 5.75 Å². The van der Waals surface area contributed by atoms with Crippen molar-refractivity contribution >= 4 is 34.6 Å². The van der Waals surface area contributed by atoms with Gasteiger partial charge in [0.25, 0.3) is 5.91 Å². The van der Waals surface area contributed by atoms with Crippen LogP contribution in [0.3, 0.4) is 0 Å². The lowest BCUT2D eigenvalue weighted by Gasteiger charge is -2.14. The molecule has 1 amide bonds. The number of hydrogen-bond acceptors (Lipinski definition) is 4. The number of ether oxygens (including phenoxy) is 1. The van der Waals surface area contributed by atoms with Gasteiger partial charge in [0.15, 0.2) is 5.17 Å². The second-order valence-electron chi connectivity index (χ2n) is 5.80. The summed E-state index contributed by atoms with van der Waals surface area (Å²) in [5, 5.41) is 0.680. The van der Waals surface area contributed by atoms with Gasteiger partial charge in [-0.2, -0.15) is 8.78 Å². The third kappa shape index (κ3) is 5.17. The number of amides is 1. The molecule has 4 nitrogen and oxygen atoms in total. The minimum absolute atomic E-state index is 0.0806. The molecule has 0 radical (unpaired) electrons. The van der Waals surface area contributed by atoms with Crippen LogP contribution in [0.4, 0.5) is 14.5 Å². The summed E-state index contributed by atoms with van der Waals surface area (Å²) in [6, 6.07) is 13.9. The molecule has 0 aliphatic carbocycles. The van der Waals surface area contributed by atoms with Crippen molar-refractivity contribution in [3.05, 3.63) is 65.7 Å². The number of hydrogen-bond donors (Lipinski definition) is 0. The fourth-order valence-corrected chi connectivity index (χ4v) is 3.47. The van der Waals surface area contributed by atoms with Gasteiger partial charge >= 0.3 is 6.61 Å². The van der Waals surface area contributed by atoms with Crippen LogP contribution in [0, 0.1) is 6.92 Å². The number of amidine groups is 1. The molecule has 0 bridgehead atoms. The summed E-state index contributed by atoms with van der Waals surface area (Å²) in [7, 11) is 0. The predicted molar refractivity (Wildman–Crippen MR) is 105 cm³/mol. The molecule has 0 atom stereocenters. The van der Waals surface area contributed by atoms with Gasteiger partial charge in [-0.1, -0.05) is 42.1 Å². The number of carbonyl (C=O) groups excluding carboxylic acids is 1. The highest BCUT2D eigenvalue weighted by atomic mass is 32.2. The quantitative estimate of drug-likeness (QED) is 0.686. The standard InChI is InChI=1S/C20H18F2N2O2S/c1-14-4-2-3-5-17(14)23-20-24(12-13-27-20)18(25)11-8-15-6-9-16(10-7-15)26-19(21)22/h2-11,19H,12-13H2,1H3/b11-8+,23-20?. The summed E-state index contributed by atoms with van der Waals surface area (Å²) in [5.74, 6) is 0.710. The number of halogens is 2. The summed E-state index contributed by atoms with van der Waals surface area (Å²) in [6.07, 6.45) is 3.10. The lowest BCUT2D eigenvalue weighted by molar-refractivity contribution is -0.121. The molecular formula is C20H18F2N2O2S. The van der Waals surface area contributed by atoms with Gasteiger partial charge in [0.05, 0.1) is 5.69 Å². The van der Waals surface area contributed by atoms with Crippen LogP contribution in [-0.4, -0.2) is 34.9 Å². The fraction of sp³-hybridized carbons (Fsp3) is 0.200. The minimum atomic E-state index is -2.86. The molecule has 1 aliphatic rings. The van der Waals surface area contributed by atoms with E-state index in [1.165, 1.54) is 18.2 Å². The molecule has 1 heterocycles. The zero-order valence-corrected chi connectivity index (χ0v) is 15.5. The highest BCUT2D eigenvalue weighted by molar-refractivity contribution is 8.14. The summed E-state index contributed by atoms with van der Waals surface area (Å²) in [5.41, 5.74) is 2.61. The van der Waals surface area contributed by atoms with Gasteiger partial charge in [-0.3, -0.25) is 9.69 Å². The van der Waals surface area contributed by atoms with Gasteiger partial charge in [0.1, 0.15) is 5.75 Å². The lowest BCUT2D eigenvalue weighted by Crippen LogP contribution is -2.30. The Balaban J connectivity index is 1.69. The smallest absolute Gasteiger partial charge is 0.387 e. The van der Waals surface area contributed by atoms with Gasteiger partial charge in [0.2, 0.25) is 0 Å². The first kappa shape index (κ1) is 19.1. The highest BCUT2D eigenvalue weighted by Crippen LogP contribution is 2.25. The molecule has 2 aromatic carbocycles. The summed E-state index contributed by atoms with van der Waals surface area (Å²) < 4.78 is 28.6. The minimum Gasteiger partial charge on any atom is -0.435 e. The number of para-hydroxylation sites is 1. The normalized spacial score (nSPS) is 15.9. The van der Waals surface area contributed by atoms with Crippen molar-refractivity contribution in [2.24, 2.45) is 4.99 Å². The predicted octanol–water partition coefficient (Wildman–Crippen LogP) is 4.87. The van der Waals surface area contributed by atoms with Crippen molar-refractivity contribution in [1.29, 1.82) is 0 Å². The van der Waals surface area contributed by atoms with E-state index in [0.29, 0.717) is 17.3 Å². The van der Waals surface area contributed by atoms with E-state index in [1.54, 1.807) is 34.9 Å². The van der Waals surface area contributed by atoms with Crippen LogP contribution in [0.25, 0.3) is 6.08 Å². The first-order valence-electron chi connectivity index (χ1n) is 8.34. The van der Waals surface area contributed by atoms with Gasteiger partial charge in [-0.25, -0.2) is 4.99 Å². The molecule has 0 N–H and O–H groups in total. The third-order valence-electron chi connectivity index (χ3n) is 3.90. The first-order chi connectivity index (χ1) is 13.0. The maximum Gasteiger partial charge on any atom is 0.387 e. The molecule has 0 saturated carbocycles. The van der Waals surface area contributed by atoms with Crippen molar-refractivity contribution in [3.8, 4) is 5.75 Å². The molecule has 140 valence electrons. The number of rotatable bonds is 5. The Morgan fingerprint density at radius 2 is 1.96 bits per heavy atom. The van der Waals surface area contributed by atoms with E-state index < -0.39 is 6.61 Å². The fourth-order valence-electron chi connectivity index (χ4n) is 2.51. The second-order valence-corrected chi connectivity index (χ2v) is 6.86. The van der Waals surface area contributed by atoms with Crippen LogP contribution in [0.2, 0.25) is 0 Å². The van der Waals surface area contributed by atoms with Crippen molar-refractivity contribution in [2.75, 3.05) is 12.3 Å². The molecule has 1 fully saturated rings. The monoisotopic (exact) mass is 388 g/mol. The van der Waals surface area contributed by atoms with E-state index in [4.69, 9.17) is 0 Å². The maximum absolute atomic E-state index is 12.5. The number of carbonyl (C=O) groups is 1. The summed E-state index contributed by atoms with van der Waals surface area (Å²) >= 11 is 1.55. The van der Waals surface area contributed by atoms with Crippen LogP contribution < -0.4 is 4.74 Å². The maximum atomic E-state index is 12.5. The SMILES string of the molecule is Cc1ccccc1N=C1SCCN1C(=O)/C=C/c1ccc(OC(F)F)cc1. The van der Waals surface area contributed by atoms with Crippen molar-refractivity contribution in [3.63, 3.8) is 0 Å². The van der Waals surface area contributed by atoms with E-state index in [9.17, 15) is 13.6 Å². The van der Waals surface area contributed by atoms with Crippen LogP contribution >= 0.6 is 11.8 Å². The summed E-state index contributed by atoms with van der Waals surface area (Å²) in [6.45, 7) is -0.279. The number of benzene rings is 2. The molecule has 3 rings (SSSR count). The Morgan fingerprint density at radius 3 is 2.67 bits per heavy atom. The Bertz CT molecular complexity index is 867. The zero-order chi connectivity index (χ0) is 19.2. The molecule has 0 unspecified atom stereocenters. The Hall–Kier alpha value is -2.67. The first-order valence-corrected chi connectivity index (χ1v) is 9.33. The van der Waals surface area contributed by atoms with Gasteiger partial charge < -0.3 is 4.74 Å². The lowest BCUT2D eigenvalue weighted by atomic mass is 10.2. The van der Waals surface area contributed by atoms with E-state index >= 15 is 0 Å². The van der Waals surface area contributed by atoms with Crippen molar-refractivity contribution in [1.82, 2.24) is 4.90 Å². The average Bonchev–Trinajstić information content (AvgIpc) is 3.11. The molecule has 1 saturated heterocycles. The van der Waals surface area contributed by atoms with E-state index in [-0.39, 0.29) is 11.7 Å². The molecule has 2 aromatic rings. The van der Waals surface area contributed by atoms with Crippen LogP contribution in [0.1, 0.15) is 11.1 Å². The largest absolute Gasteiger partial charge is 0.435 e. The topological polar surface area (TPSA) is 41.9 Å². The molecule has 7 heteroatoms. The zero-order valence-electron chi connectivity index (χ0n) is 14.6. The second kappa shape index (κ2) is 8.81. The van der Waals surface area contributed by atoms with Gasteiger partial charge in [-0.15, -0.1) is 0 Å². The van der Waals surface area contributed by atoms with Crippen LogP contribution in [-0.2, 0) is 4.79 Å². The van der Waals surface area contributed by atoms with Gasteiger partial charge in [-0.05, 0) is 42.3 Å². The molecular weight excluding hydrogens is 370 g/mol. The summed E-state index contributed by atoms with van der Waals surface area (Å²) in [4.78, 5) is 18.8. The molecule has 0 aromatic heterocycles.